The molecular formula is C27H31NO4. The van der Waals surface area contributed by atoms with E-state index in [0.29, 0.717) is 12.3 Å². The van der Waals surface area contributed by atoms with Crippen LogP contribution in [0.15, 0.2) is 72.8 Å². The molecule has 168 valence electrons. The highest BCUT2D eigenvalue weighted by atomic mass is 16.5. The minimum atomic E-state index is -0.119. The van der Waals surface area contributed by atoms with Crippen LogP contribution in [0.4, 0.5) is 0 Å². The maximum atomic E-state index is 11.7. The van der Waals surface area contributed by atoms with Crippen molar-refractivity contribution in [2.75, 3.05) is 13.2 Å². The molecule has 0 unspecified atom stereocenters. The molecule has 3 rings (SSSR count). The predicted octanol–water partition coefficient (Wildman–Crippen LogP) is 4.96. The molecule has 0 heterocycles. The van der Waals surface area contributed by atoms with Crippen molar-refractivity contribution in [3.8, 4) is 11.5 Å². The Labute approximate surface area is 190 Å². The number of aryl methyl sites for hydroxylation is 3. The van der Waals surface area contributed by atoms with Gasteiger partial charge in [0.2, 0.25) is 0 Å². The van der Waals surface area contributed by atoms with Gasteiger partial charge in [0.05, 0.1) is 0 Å². The first-order valence-electron chi connectivity index (χ1n) is 10.5. The van der Waals surface area contributed by atoms with Crippen molar-refractivity contribution in [1.82, 2.24) is 5.32 Å². The van der Waals surface area contributed by atoms with Crippen LogP contribution < -0.4 is 14.8 Å². The quantitative estimate of drug-likeness (QED) is 0.545. The zero-order chi connectivity index (χ0) is 23.3. The number of carbonyl (C=O) groups is 2. The summed E-state index contributed by atoms with van der Waals surface area (Å²) >= 11 is 0. The number of rotatable bonds is 8. The van der Waals surface area contributed by atoms with Gasteiger partial charge in [0.1, 0.15) is 18.1 Å². The summed E-state index contributed by atoms with van der Waals surface area (Å²) in [4.78, 5) is 22.2. The van der Waals surface area contributed by atoms with Crippen LogP contribution in [0.3, 0.4) is 0 Å². The molecule has 3 aromatic carbocycles. The molecule has 0 bridgehead atoms. The molecule has 0 atom stereocenters. The molecule has 0 saturated heterocycles. The summed E-state index contributed by atoms with van der Waals surface area (Å²) in [7, 11) is 0. The highest BCUT2D eigenvalue weighted by molar-refractivity contribution is 5.77. The Balaban J connectivity index is 0.000000258. The lowest BCUT2D eigenvalue weighted by Gasteiger charge is -2.08. The van der Waals surface area contributed by atoms with Gasteiger partial charge in [-0.1, -0.05) is 65.2 Å². The van der Waals surface area contributed by atoms with Crippen molar-refractivity contribution in [1.29, 1.82) is 0 Å². The van der Waals surface area contributed by atoms with Crippen LogP contribution in [-0.2, 0) is 16.1 Å². The van der Waals surface area contributed by atoms with Crippen LogP contribution in [0.2, 0.25) is 0 Å². The van der Waals surface area contributed by atoms with Gasteiger partial charge in [0.25, 0.3) is 5.91 Å². The number of hydrogen-bond donors (Lipinski definition) is 1. The van der Waals surface area contributed by atoms with E-state index < -0.39 is 0 Å². The molecule has 5 nitrogen and oxygen atoms in total. The lowest BCUT2D eigenvalue weighted by molar-refractivity contribution is -0.123. The van der Waals surface area contributed by atoms with E-state index >= 15 is 0 Å². The van der Waals surface area contributed by atoms with Gasteiger partial charge >= 0.3 is 0 Å². The smallest absolute Gasteiger partial charge is 0.258 e. The maximum absolute atomic E-state index is 11.7. The van der Waals surface area contributed by atoms with Crippen molar-refractivity contribution >= 4 is 11.7 Å². The Kier molecular flexibility index (Phi) is 9.98. The molecule has 0 fully saturated rings. The fraction of sp³-hybridized carbons (Fsp3) is 0.259. The van der Waals surface area contributed by atoms with Gasteiger partial charge in [-0.2, -0.15) is 0 Å². The molecule has 1 N–H and O–H groups in total. The Morgan fingerprint density at radius 1 is 0.656 bits per heavy atom. The van der Waals surface area contributed by atoms with Crippen molar-refractivity contribution in [2.45, 2.75) is 34.2 Å². The molecule has 0 radical (unpaired) electrons. The van der Waals surface area contributed by atoms with Gasteiger partial charge in [-0.15, -0.1) is 0 Å². The third-order valence-electron chi connectivity index (χ3n) is 4.46. The Bertz CT molecular complexity index is 926. The van der Waals surface area contributed by atoms with Crippen molar-refractivity contribution in [3.05, 3.63) is 95.1 Å². The molecule has 5 heteroatoms. The maximum Gasteiger partial charge on any atom is 0.258 e. The predicted molar refractivity (Wildman–Crippen MR) is 127 cm³/mol. The lowest BCUT2D eigenvalue weighted by atomic mass is 10.1. The average molecular weight is 434 g/mol. The van der Waals surface area contributed by atoms with E-state index in [1.807, 2.05) is 93.6 Å². The van der Waals surface area contributed by atoms with E-state index in [1.165, 1.54) is 23.6 Å². The largest absolute Gasteiger partial charge is 0.486 e. The topological polar surface area (TPSA) is 64.6 Å². The minimum Gasteiger partial charge on any atom is -0.486 e. The normalized spacial score (nSPS) is 9.88. The number of carbonyl (C=O) groups excluding carboxylic acids is 2. The Morgan fingerprint density at radius 3 is 1.50 bits per heavy atom. The zero-order valence-corrected chi connectivity index (χ0v) is 19.2. The second kappa shape index (κ2) is 13.0. The number of ether oxygens (including phenoxy) is 2. The van der Waals surface area contributed by atoms with Gasteiger partial charge in [-0.25, -0.2) is 0 Å². The highest BCUT2D eigenvalue weighted by Gasteiger charge is 2.03. The van der Waals surface area contributed by atoms with Crippen LogP contribution in [0, 0.1) is 20.8 Å². The SMILES string of the molecule is CC(=O)COc1ccc(C)cc1.Cc1ccc(CNC(=O)COc2ccc(C)cc2)cc1. The monoisotopic (exact) mass is 433 g/mol. The molecule has 1 amide bonds. The summed E-state index contributed by atoms with van der Waals surface area (Å²) in [6.07, 6.45) is 0. The fourth-order valence-corrected chi connectivity index (χ4v) is 2.56. The summed E-state index contributed by atoms with van der Waals surface area (Å²) in [5, 5.41) is 2.84. The van der Waals surface area contributed by atoms with E-state index in [9.17, 15) is 9.59 Å². The average Bonchev–Trinajstić information content (AvgIpc) is 2.78. The third-order valence-corrected chi connectivity index (χ3v) is 4.46. The molecule has 0 spiro atoms. The van der Waals surface area contributed by atoms with Crippen LogP contribution in [0.25, 0.3) is 0 Å². The fourth-order valence-electron chi connectivity index (χ4n) is 2.56. The summed E-state index contributed by atoms with van der Waals surface area (Å²) in [5.41, 5.74) is 4.65. The Hall–Kier alpha value is -3.60. The van der Waals surface area contributed by atoms with Gasteiger partial charge in [0.15, 0.2) is 12.4 Å². The molecular weight excluding hydrogens is 402 g/mol. The molecule has 0 aliphatic rings. The van der Waals surface area contributed by atoms with Gasteiger partial charge < -0.3 is 14.8 Å². The third kappa shape index (κ3) is 9.94. The van der Waals surface area contributed by atoms with E-state index in [4.69, 9.17) is 9.47 Å². The number of hydrogen-bond acceptors (Lipinski definition) is 4. The van der Waals surface area contributed by atoms with E-state index in [1.54, 1.807) is 0 Å². The van der Waals surface area contributed by atoms with E-state index in [-0.39, 0.29) is 24.9 Å². The van der Waals surface area contributed by atoms with Crippen molar-refractivity contribution in [2.24, 2.45) is 0 Å². The van der Waals surface area contributed by atoms with Gasteiger partial charge in [0, 0.05) is 6.54 Å². The molecule has 0 aliphatic carbocycles. The van der Waals surface area contributed by atoms with Gasteiger partial charge in [-0.3, -0.25) is 9.59 Å². The minimum absolute atomic E-state index is 0.0366. The summed E-state index contributed by atoms with van der Waals surface area (Å²) in [6.45, 7) is 8.28. The van der Waals surface area contributed by atoms with E-state index in [2.05, 4.69) is 5.32 Å². The summed E-state index contributed by atoms with van der Waals surface area (Å²) in [5.74, 6) is 1.37. The lowest BCUT2D eigenvalue weighted by Crippen LogP contribution is -2.28. The number of benzene rings is 3. The van der Waals surface area contributed by atoms with Crippen LogP contribution in [0.1, 0.15) is 29.2 Å². The van der Waals surface area contributed by atoms with Crippen LogP contribution >= 0.6 is 0 Å². The number of Topliss-reactive ketones (excluding diaryl/α,β-unsaturated/α-hetero) is 1. The summed E-state index contributed by atoms with van der Waals surface area (Å²) in [6, 6.07) is 23.4. The van der Waals surface area contributed by atoms with Gasteiger partial charge in [-0.05, 0) is 57.5 Å². The standard InChI is InChI=1S/C17H19NO2.C10H12O2/c1-13-3-7-15(8-4-13)11-18-17(19)12-20-16-9-5-14(2)6-10-16;1-8-3-5-10(6-4-8)12-7-9(2)11/h3-10H,11-12H2,1-2H3,(H,18,19);3-6H,7H2,1-2H3. The van der Waals surface area contributed by atoms with Crippen molar-refractivity contribution < 1.29 is 19.1 Å². The molecule has 0 saturated carbocycles. The summed E-state index contributed by atoms with van der Waals surface area (Å²) < 4.78 is 10.6. The van der Waals surface area contributed by atoms with Crippen molar-refractivity contribution in [3.63, 3.8) is 0 Å². The van der Waals surface area contributed by atoms with Crippen LogP contribution in [0.5, 0.6) is 11.5 Å². The first kappa shape index (κ1) is 24.7. The Morgan fingerprint density at radius 2 is 1.06 bits per heavy atom. The number of nitrogens with one attached hydrogen (secondary N) is 1. The highest BCUT2D eigenvalue weighted by Crippen LogP contribution is 2.11. The molecule has 32 heavy (non-hydrogen) atoms. The first-order valence-corrected chi connectivity index (χ1v) is 10.5. The molecule has 0 aromatic heterocycles. The molecule has 3 aromatic rings. The molecule has 0 aliphatic heterocycles. The zero-order valence-electron chi connectivity index (χ0n) is 19.2. The second-order valence-electron chi connectivity index (χ2n) is 7.67. The number of amides is 1. The van der Waals surface area contributed by atoms with Crippen LogP contribution in [-0.4, -0.2) is 24.9 Å². The first-order chi connectivity index (χ1) is 15.3. The second-order valence-corrected chi connectivity index (χ2v) is 7.67. The van der Waals surface area contributed by atoms with E-state index in [0.717, 1.165) is 11.3 Å². The number of ketones is 1.